The molecule has 3 unspecified atom stereocenters. The zero-order valence-corrected chi connectivity index (χ0v) is 25.6. The summed E-state index contributed by atoms with van der Waals surface area (Å²) in [6, 6.07) is 21.1. The number of aromatic nitrogens is 1. The molecule has 0 spiro atoms. The fraction of sp³-hybridized carbons (Fsp3) is 0.219. The number of thioether (sulfide) groups is 2. The van der Waals surface area contributed by atoms with E-state index < -0.39 is 0 Å². The summed E-state index contributed by atoms with van der Waals surface area (Å²) in [4.78, 5) is 35.3. The number of hydrogen-bond acceptors (Lipinski definition) is 7. The number of carbonyl (C=O) groups is 2. The van der Waals surface area contributed by atoms with E-state index in [2.05, 4.69) is 33.8 Å². The molecular formula is C32H30N4O3S3. The van der Waals surface area contributed by atoms with E-state index in [1.165, 1.54) is 23.1 Å². The van der Waals surface area contributed by atoms with Gasteiger partial charge in [0.25, 0.3) is 0 Å². The van der Waals surface area contributed by atoms with Gasteiger partial charge in [-0.05, 0) is 61.9 Å². The molecule has 2 heterocycles. The SMILES string of the molecule is CCOc1ccc2nc(NC(=O)C(CC)Sc3cccc(NC(=O)N4c5ccccc5SC5C=CC=CC54)c3)sc2c1. The number of ether oxygens (including phenoxy) is 1. The lowest BCUT2D eigenvalue weighted by Gasteiger charge is -2.40. The molecule has 3 aromatic carbocycles. The molecule has 4 aromatic rings. The number of hydrogen-bond donors (Lipinski definition) is 2. The Hall–Kier alpha value is -3.73. The fourth-order valence-electron chi connectivity index (χ4n) is 4.94. The quantitative estimate of drug-likeness (QED) is 0.195. The van der Waals surface area contributed by atoms with Crippen LogP contribution in [0.3, 0.4) is 0 Å². The van der Waals surface area contributed by atoms with Gasteiger partial charge in [0.1, 0.15) is 5.75 Å². The van der Waals surface area contributed by atoms with Crippen molar-refractivity contribution in [3.8, 4) is 5.75 Å². The number of nitrogens with zero attached hydrogens (tertiary/aromatic N) is 2. The van der Waals surface area contributed by atoms with Crippen molar-refractivity contribution in [3.05, 3.63) is 91.0 Å². The highest BCUT2D eigenvalue weighted by molar-refractivity contribution is 8.00. The fourth-order valence-corrected chi connectivity index (χ4v) is 8.11. The van der Waals surface area contributed by atoms with Gasteiger partial charge in [0.2, 0.25) is 5.91 Å². The number of fused-ring (bicyclic) bond motifs is 3. The molecule has 0 radical (unpaired) electrons. The van der Waals surface area contributed by atoms with Crippen molar-refractivity contribution in [3.63, 3.8) is 0 Å². The molecule has 2 N–H and O–H groups in total. The van der Waals surface area contributed by atoms with Crippen LogP contribution in [0.1, 0.15) is 20.3 Å². The lowest BCUT2D eigenvalue weighted by molar-refractivity contribution is -0.115. The monoisotopic (exact) mass is 614 g/mol. The maximum atomic E-state index is 13.7. The topological polar surface area (TPSA) is 83.6 Å². The standard InChI is InChI=1S/C32H30N4O3S3/c1-3-26(30(37)35-31-34-23-17-16-21(39-4-2)19-29(23)42-31)40-22-11-9-10-20(18-22)33-32(38)36-24-12-5-7-14-27(24)41-28-15-8-6-13-25(28)36/h5-19,24,26-27H,3-4H2,1-2H3,(H,33,38)(H,34,35,37). The number of para-hydroxylation sites is 1. The molecule has 42 heavy (non-hydrogen) atoms. The summed E-state index contributed by atoms with van der Waals surface area (Å²) < 4.78 is 6.55. The molecule has 2 aliphatic rings. The lowest BCUT2D eigenvalue weighted by Crippen LogP contribution is -2.49. The highest BCUT2D eigenvalue weighted by Crippen LogP contribution is 2.43. The number of allylic oxidation sites excluding steroid dienone is 2. The van der Waals surface area contributed by atoms with Crippen LogP contribution in [-0.4, -0.2) is 40.1 Å². The molecule has 0 bridgehead atoms. The Labute approximate surface area is 257 Å². The number of thiazole rings is 1. The Bertz CT molecular complexity index is 1680. The van der Waals surface area contributed by atoms with E-state index in [4.69, 9.17) is 4.74 Å². The summed E-state index contributed by atoms with van der Waals surface area (Å²) >= 11 is 4.68. The molecule has 1 aromatic heterocycles. The maximum Gasteiger partial charge on any atom is 0.326 e. The van der Waals surface area contributed by atoms with E-state index >= 15 is 0 Å². The number of nitrogens with one attached hydrogen (secondary N) is 2. The van der Waals surface area contributed by atoms with Crippen LogP contribution in [0.5, 0.6) is 5.75 Å². The first kappa shape index (κ1) is 28.4. The minimum absolute atomic E-state index is 0.0751. The Morgan fingerprint density at radius 3 is 2.74 bits per heavy atom. The number of anilines is 3. The van der Waals surface area contributed by atoms with Gasteiger partial charge < -0.3 is 15.4 Å². The van der Waals surface area contributed by atoms with Gasteiger partial charge in [0.15, 0.2) is 5.13 Å². The molecule has 10 heteroatoms. The van der Waals surface area contributed by atoms with Crippen molar-refractivity contribution in [2.75, 3.05) is 22.1 Å². The molecule has 6 rings (SSSR count). The van der Waals surface area contributed by atoms with Gasteiger partial charge >= 0.3 is 6.03 Å². The van der Waals surface area contributed by atoms with E-state index in [1.807, 2.05) is 91.6 Å². The maximum absolute atomic E-state index is 13.7. The number of urea groups is 1. The lowest BCUT2D eigenvalue weighted by atomic mass is 10.1. The predicted octanol–water partition coefficient (Wildman–Crippen LogP) is 8.21. The van der Waals surface area contributed by atoms with Gasteiger partial charge in [0, 0.05) is 15.5 Å². The van der Waals surface area contributed by atoms with Gasteiger partial charge in [-0.15, -0.1) is 23.5 Å². The molecule has 0 saturated carbocycles. The van der Waals surface area contributed by atoms with E-state index in [0.717, 1.165) is 31.4 Å². The Morgan fingerprint density at radius 1 is 1.02 bits per heavy atom. The average molecular weight is 615 g/mol. The highest BCUT2D eigenvalue weighted by Gasteiger charge is 2.36. The third kappa shape index (κ3) is 6.06. The van der Waals surface area contributed by atoms with Gasteiger partial charge in [-0.1, -0.05) is 60.8 Å². The summed E-state index contributed by atoms with van der Waals surface area (Å²) in [5.41, 5.74) is 2.40. The summed E-state index contributed by atoms with van der Waals surface area (Å²) in [5, 5.41) is 6.49. The van der Waals surface area contributed by atoms with Crippen molar-refractivity contribution in [1.82, 2.24) is 4.98 Å². The number of benzene rings is 3. The average Bonchev–Trinajstić information content (AvgIpc) is 3.40. The van der Waals surface area contributed by atoms with Crippen LogP contribution in [-0.2, 0) is 4.79 Å². The van der Waals surface area contributed by atoms with Gasteiger partial charge in [0.05, 0.1) is 39.1 Å². The van der Waals surface area contributed by atoms with Crippen LogP contribution < -0.4 is 20.3 Å². The first-order valence-electron chi connectivity index (χ1n) is 13.8. The van der Waals surface area contributed by atoms with Crippen LogP contribution in [0.15, 0.2) is 101 Å². The first-order valence-corrected chi connectivity index (χ1v) is 16.4. The zero-order chi connectivity index (χ0) is 29.1. The molecule has 3 atom stereocenters. The van der Waals surface area contributed by atoms with Crippen molar-refractivity contribution in [1.29, 1.82) is 0 Å². The van der Waals surface area contributed by atoms with E-state index in [1.54, 1.807) is 11.8 Å². The second kappa shape index (κ2) is 12.6. The Kier molecular flexibility index (Phi) is 8.55. The Morgan fingerprint density at radius 2 is 1.88 bits per heavy atom. The highest BCUT2D eigenvalue weighted by atomic mass is 32.2. The van der Waals surface area contributed by atoms with E-state index in [-0.39, 0.29) is 28.5 Å². The normalized spacial score (nSPS) is 17.8. The van der Waals surface area contributed by atoms with Gasteiger partial charge in [-0.2, -0.15) is 0 Å². The smallest absolute Gasteiger partial charge is 0.326 e. The minimum atomic E-state index is -0.326. The first-order chi connectivity index (χ1) is 20.5. The number of amides is 3. The zero-order valence-electron chi connectivity index (χ0n) is 23.2. The summed E-state index contributed by atoms with van der Waals surface area (Å²) in [5.74, 6) is 0.683. The molecular weight excluding hydrogens is 585 g/mol. The molecule has 214 valence electrons. The third-order valence-electron chi connectivity index (χ3n) is 6.89. The minimum Gasteiger partial charge on any atom is -0.494 e. The molecule has 1 aliphatic heterocycles. The number of rotatable bonds is 8. The summed E-state index contributed by atoms with van der Waals surface area (Å²) in [7, 11) is 0. The van der Waals surface area contributed by atoms with Crippen molar-refractivity contribution in [2.24, 2.45) is 0 Å². The predicted molar refractivity (Wildman–Crippen MR) is 175 cm³/mol. The molecule has 0 fully saturated rings. The number of carbonyl (C=O) groups excluding carboxylic acids is 2. The largest absolute Gasteiger partial charge is 0.494 e. The molecule has 0 saturated heterocycles. The second-order valence-electron chi connectivity index (χ2n) is 9.72. The summed E-state index contributed by atoms with van der Waals surface area (Å²) in [6.07, 6.45) is 8.89. The van der Waals surface area contributed by atoms with Crippen LogP contribution in [0.4, 0.5) is 21.3 Å². The van der Waals surface area contributed by atoms with E-state index in [9.17, 15) is 9.59 Å². The summed E-state index contributed by atoms with van der Waals surface area (Å²) in [6.45, 7) is 4.53. The van der Waals surface area contributed by atoms with E-state index in [0.29, 0.717) is 23.8 Å². The molecule has 7 nitrogen and oxygen atoms in total. The van der Waals surface area contributed by atoms with Crippen LogP contribution in [0.2, 0.25) is 0 Å². The van der Waals surface area contributed by atoms with Gasteiger partial charge in [-0.3, -0.25) is 9.69 Å². The van der Waals surface area contributed by atoms with Crippen molar-refractivity contribution in [2.45, 2.75) is 46.6 Å². The molecule has 3 amide bonds. The van der Waals surface area contributed by atoms with Crippen molar-refractivity contribution < 1.29 is 14.3 Å². The van der Waals surface area contributed by atoms with Gasteiger partial charge in [-0.25, -0.2) is 9.78 Å². The second-order valence-corrected chi connectivity index (χ2v) is 13.3. The Balaban J connectivity index is 1.14. The van der Waals surface area contributed by atoms with Crippen LogP contribution >= 0.6 is 34.9 Å². The van der Waals surface area contributed by atoms with Crippen LogP contribution in [0, 0.1) is 0 Å². The molecule has 1 aliphatic carbocycles. The third-order valence-corrected chi connectivity index (χ3v) is 10.5. The van der Waals surface area contributed by atoms with Crippen molar-refractivity contribution >= 4 is 73.5 Å². The van der Waals surface area contributed by atoms with Crippen LogP contribution in [0.25, 0.3) is 10.2 Å².